The molecule has 7 heteroatoms. The average molecular weight is 383 g/mol. The maximum Gasteiger partial charge on any atom is 0.263 e. The summed E-state index contributed by atoms with van der Waals surface area (Å²) in [6.07, 6.45) is 2.31. The summed E-state index contributed by atoms with van der Waals surface area (Å²) in [5.41, 5.74) is 1.77. The Morgan fingerprint density at radius 1 is 1.25 bits per heavy atom. The van der Waals surface area contributed by atoms with E-state index < -0.39 is 11.5 Å². The van der Waals surface area contributed by atoms with Gasteiger partial charge >= 0.3 is 0 Å². The Kier molecular flexibility index (Phi) is 5.94. The second-order valence-corrected chi connectivity index (χ2v) is 6.95. The number of aromatic nitrogens is 1. The fourth-order valence-electron chi connectivity index (χ4n) is 3.16. The summed E-state index contributed by atoms with van der Waals surface area (Å²) in [6.45, 7) is 4.75. The summed E-state index contributed by atoms with van der Waals surface area (Å²) in [5, 5.41) is 5.36. The fourth-order valence-corrected chi connectivity index (χ4v) is 3.16. The van der Waals surface area contributed by atoms with Crippen LogP contribution in [0.2, 0.25) is 0 Å². The number of carbonyl (C=O) groups excluding carboxylic acids is 2. The van der Waals surface area contributed by atoms with E-state index in [1.165, 1.54) is 23.9 Å². The molecule has 2 atom stereocenters. The second kappa shape index (κ2) is 8.39. The van der Waals surface area contributed by atoms with E-state index in [-0.39, 0.29) is 35.7 Å². The molecule has 0 spiro atoms. The van der Waals surface area contributed by atoms with Gasteiger partial charge in [0.15, 0.2) is 0 Å². The van der Waals surface area contributed by atoms with Gasteiger partial charge < -0.3 is 19.9 Å². The molecule has 2 aromatic rings. The highest BCUT2D eigenvalue weighted by molar-refractivity contribution is 5.99. The van der Waals surface area contributed by atoms with Gasteiger partial charge in [-0.15, -0.1) is 0 Å². The summed E-state index contributed by atoms with van der Waals surface area (Å²) >= 11 is 0. The Bertz CT molecular complexity index is 951. The molecule has 1 heterocycles. The van der Waals surface area contributed by atoms with Gasteiger partial charge in [-0.05, 0) is 31.9 Å². The highest BCUT2D eigenvalue weighted by atomic mass is 16.5. The Hall–Kier alpha value is -2.93. The van der Waals surface area contributed by atoms with E-state index in [2.05, 4.69) is 10.6 Å². The van der Waals surface area contributed by atoms with E-state index in [1.54, 1.807) is 0 Å². The van der Waals surface area contributed by atoms with E-state index in [4.69, 9.17) is 4.74 Å². The van der Waals surface area contributed by atoms with Gasteiger partial charge in [0.1, 0.15) is 5.56 Å². The summed E-state index contributed by atoms with van der Waals surface area (Å²) in [7, 11) is 1.45. The number of carbonyl (C=O) groups is 2. The van der Waals surface area contributed by atoms with Crippen molar-refractivity contribution in [3.63, 3.8) is 0 Å². The normalized spacial score (nSPS) is 17.8. The zero-order valence-electron chi connectivity index (χ0n) is 16.3. The van der Waals surface area contributed by atoms with E-state index in [0.717, 1.165) is 17.5 Å². The van der Waals surface area contributed by atoms with Crippen LogP contribution in [0.15, 0.2) is 41.3 Å². The van der Waals surface area contributed by atoms with Crippen LogP contribution in [-0.2, 0) is 11.3 Å². The van der Waals surface area contributed by atoms with Crippen molar-refractivity contribution < 1.29 is 14.3 Å². The highest BCUT2D eigenvalue weighted by Crippen LogP contribution is 2.25. The molecule has 1 aliphatic carbocycles. The molecule has 3 rings (SSSR count). The molecule has 0 saturated heterocycles. The van der Waals surface area contributed by atoms with Crippen LogP contribution >= 0.6 is 0 Å². The molecule has 0 radical (unpaired) electrons. The van der Waals surface area contributed by atoms with Crippen molar-refractivity contribution in [3.05, 3.63) is 69.1 Å². The van der Waals surface area contributed by atoms with E-state index >= 15 is 0 Å². The Morgan fingerprint density at radius 2 is 2.04 bits per heavy atom. The summed E-state index contributed by atoms with van der Waals surface area (Å²) in [4.78, 5) is 37.6. The first-order valence-electron chi connectivity index (χ1n) is 9.37. The molecule has 0 unspecified atom stereocenters. The van der Waals surface area contributed by atoms with Crippen molar-refractivity contribution in [3.8, 4) is 0 Å². The lowest BCUT2D eigenvalue weighted by atomic mass is 10.1. The molecule has 0 aliphatic heterocycles. The van der Waals surface area contributed by atoms with Crippen LogP contribution in [0, 0.1) is 6.92 Å². The molecule has 28 heavy (non-hydrogen) atoms. The molecule has 1 aromatic carbocycles. The lowest BCUT2D eigenvalue weighted by Crippen LogP contribution is -2.35. The minimum absolute atomic E-state index is 0.0329. The number of nitrogens with zero attached hydrogens (tertiary/aromatic N) is 1. The van der Waals surface area contributed by atoms with Gasteiger partial charge in [0.25, 0.3) is 17.4 Å². The molecule has 7 nitrogen and oxygen atoms in total. The van der Waals surface area contributed by atoms with Crippen LogP contribution in [0.25, 0.3) is 0 Å². The summed E-state index contributed by atoms with van der Waals surface area (Å²) in [6, 6.07) is 9.07. The van der Waals surface area contributed by atoms with E-state index in [0.29, 0.717) is 6.61 Å². The van der Waals surface area contributed by atoms with Gasteiger partial charge in [0.2, 0.25) is 0 Å². The number of rotatable bonds is 7. The van der Waals surface area contributed by atoms with Crippen LogP contribution < -0.4 is 16.2 Å². The van der Waals surface area contributed by atoms with Crippen molar-refractivity contribution in [2.24, 2.45) is 0 Å². The van der Waals surface area contributed by atoms with Crippen LogP contribution in [0.3, 0.4) is 0 Å². The predicted octanol–water partition coefficient (Wildman–Crippen LogP) is 1.47. The third kappa shape index (κ3) is 4.48. The number of benzene rings is 1. The first kappa shape index (κ1) is 19.8. The topological polar surface area (TPSA) is 89.4 Å². The molecule has 1 saturated carbocycles. The number of amides is 2. The molecule has 1 aromatic heterocycles. The maximum atomic E-state index is 12.8. The fraction of sp³-hybridized carbons (Fsp3) is 0.381. The highest BCUT2D eigenvalue weighted by Gasteiger charge is 2.39. The van der Waals surface area contributed by atoms with Gasteiger partial charge in [-0.3, -0.25) is 14.4 Å². The van der Waals surface area contributed by atoms with Crippen LogP contribution in [0.1, 0.15) is 45.2 Å². The first-order valence-corrected chi connectivity index (χ1v) is 9.37. The van der Waals surface area contributed by atoms with Crippen molar-refractivity contribution in [2.45, 2.75) is 39.0 Å². The molecule has 1 fully saturated rings. The van der Waals surface area contributed by atoms with Crippen LogP contribution in [0.5, 0.6) is 0 Å². The zero-order chi connectivity index (χ0) is 20.3. The van der Waals surface area contributed by atoms with Gasteiger partial charge in [-0.2, -0.15) is 0 Å². The van der Waals surface area contributed by atoms with Crippen molar-refractivity contribution >= 4 is 11.8 Å². The zero-order valence-corrected chi connectivity index (χ0v) is 16.3. The average Bonchev–Trinajstić information content (AvgIpc) is 3.40. The van der Waals surface area contributed by atoms with Gasteiger partial charge in [-0.1, -0.05) is 29.8 Å². The number of nitrogens with one attached hydrogen (secondary N) is 2. The Balaban J connectivity index is 1.90. The van der Waals surface area contributed by atoms with E-state index in [1.807, 2.05) is 38.1 Å². The minimum Gasteiger partial charge on any atom is -0.376 e. The van der Waals surface area contributed by atoms with E-state index in [9.17, 15) is 14.4 Å². The van der Waals surface area contributed by atoms with Crippen molar-refractivity contribution in [1.82, 2.24) is 15.2 Å². The number of hydrogen-bond donors (Lipinski definition) is 2. The quantitative estimate of drug-likeness (QED) is 0.758. The van der Waals surface area contributed by atoms with Crippen molar-refractivity contribution in [2.75, 3.05) is 13.7 Å². The monoisotopic (exact) mass is 383 g/mol. The number of pyridine rings is 1. The summed E-state index contributed by atoms with van der Waals surface area (Å²) < 4.78 is 6.88. The standard InChI is InChI=1S/C21H25N3O4/c1-4-28-18-10-17(18)23-19(25)15-9-16(20(26)22-3)21(27)24(12-15)11-14-7-5-6-13(2)8-14/h5-9,12,17-18H,4,10-11H2,1-3H3,(H,22,26)(H,23,25)/t17-,18+/m1/s1. The summed E-state index contributed by atoms with van der Waals surface area (Å²) in [5.74, 6) is -0.841. The largest absolute Gasteiger partial charge is 0.376 e. The molecule has 148 valence electrons. The lowest BCUT2D eigenvalue weighted by molar-refractivity contribution is 0.0914. The van der Waals surface area contributed by atoms with Gasteiger partial charge in [-0.25, -0.2) is 0 Å². The molecule has 1 aliphatic rings. The second-order valence-electron chi connectivity index (χ2n) is 6.95. The third-order valence-corrected chi connectivity index (χ3v) is 4.68. The maximum absolute atomic E-state index is 12.8. The third-order valence-electron chi connectivity index (χ3n) is 4.68. The Labute approximate surface area is 163 Å². The molecule has 2 N–H and O–H groups in total. The molecule has 2 amide bonds. The number of hydrogen-bond acceptors (Lipinski definition) is 4. The number of aryl methyl sites for hydroxylation is 1. The lowest BCUT2D eigenvalue weighted by Gasteiger charge is -2.12. The molecule has 0 bridgehead atoms. The SMILES string of the molecule is CCO[C@H]1C[C@H]1NC(=O)c1cc(C(=O)NC)c(=O)n(Cc2cccc(C)c2)c1. The van der Waals surface area contributed by atoms with Crippen molar-refractivity contribution in [1.29, 1.82) is 0 Å². The van der Waals surface area contributed by atoms with Gasteiger partial charge in [0.05, 0.1) is 24.3 Å². The number of ether oxygens (including phenoxy) is 1. The Morgan fingerprint density at radius 3 is 2.71 bits per heavy atom. The first-order chi connectivity index (χ1) is 13.4. The smallest absolute Gasteiger partial charge is 0.263 e. The van der Waals surface area contributed by atoms with Crippen LogP contribution in [-0.4, -0.2) is 42.2 Å². The molecular formula is C21H25N3O4. The van der Waals surface area contributed by atoms with Gasteiger partial charge in [0, 0.05) is 19.9 Å². The van der Waals surface area contributed by atoms with Crippen LogP contribution in [0.4, 0.5) is 0 Å². The predicted molar refractivity (Wildman–Crippen MR) is 106 cm³/mol. The minimum atomic E-state index is -0.517. The molecular weight excluding hydrogens is 358 g/mol.